The van der Waals surface area contributed by atoms with Crippen molar-refractivity contribution in [3.8, 4) is 0 Å². The summed E-state index contributed by atoms with van der Waals surface area (Å²) in [5.74, 6) is 0. The minimum absolute atomic E-state index is 0. The van der Waals surface area contributed by atoms with Gasteiger partial charge in [0.15, 0.2) is 12.4 Å². The molecule has 61 heavy (non-hydrogen) atoms. The van der Waals surface area contributed by atoms with Crippen molar-refractivity contribution in [3.05, 3.63) is 0 Å². The average Bonchev–Trinajstić information content (AvgIpc) is 2.85. The minimum atomic E-state index is -6.57. The molecule has 1 aliphatic heterocycles. The summed E-state index contributed by atoms with van der Waals surface area (Å²) in [6.07, 6.45) is -25.2. The number of hydrogen-bond acceptors (Lipinski definition) is 34. The fraction of sp³-hybridized carbons (Fsp3) is 1.00. The third-order valence-electron chi connectivity index (χ3n) is 4.80. The molecule has 10 atom stereocenters. The minimum Gasteiger partial charge on any atom is -0.870 e. The molecule has 0 radical (unpaired) electrons. The van der Waals surface area contributed by atoms with Gasteiger partial charge in [0.2, 0.25) is 62.4 Å². The van der Waals surface area contributed by atoms with Gasteiger partial charge in [-0.3, -0.25) is 33.5 Å². The van der Waals surface area contributed by atoms with Crippen molar-refractivity contribution in [1.29, 1.82) is 0 Å². The third kappa shape index (κ3) is 49.1. The Bertz CT molecular complexity index is 1920. The fourth-order valence-electron chi connectivity index (χ4n) is 3.44. The zero-order valence-electron chi connectivity index (χ0n) is 32.0. The van der Waals surface area contributed by atoms with Gasteiger partial charge in [0, 0.05) is 0 Å². The van der Waals surface area contributed by atoms with Crippen LogP contribution < -0.4 is 411 Å². The van der Waals surface area contributed by atoms with Crippen LogP contribution in [0.5, 0.6) is 0 Å². The largest absolute Gasteiger partial charge is 1.00 e. The second kappa shape index (κ2) is 44.1. The molecule has 2 unspecified atom stereocenters. The van der Waals surface area contributed by atoms with Crippen molar-refractivity contribution in [2.24, 2.45) is 0 Å². The molecule has 0 aromatic rings. The Morgan fingerprint density at radius 1 is 0.508 bits per heavy atom. The molecule has 34 nitrogen and oxygen atoms in total. The van der Waals surface area contributed by atoms with Crippen LogP contribution in [0.4, 0.5) is 0 Å². The maximum absolute atomic E-state index is 11.5. The quantitative estimate of drug-likeness (QED) is 0.0397. The van der Waals surface area contributed by atoms with Crippen LogP contribution >= 0.6 is 0 Å². The molecule has 1 rings (SSSR count). The number of ether oxygens (including phenoxy) is 2. The molecule has 1 fully saturated rings. The molecule has 0 amide bonds. The van der Waals surface area contributed by atoms with Gasteiger partial charge in [0.05, 0.1) is 42.5 Å². The topological polar surface area (TPSA) is 576 Å². The van der Waals surface area contributed by atoms with Crippen molar-refractivity contribution >= 4 is 85.1 Å². The summed E-state index contributed by atoms with van der Waals surface area (Å²) in [7, 11) is -38.1. The Kier molecular flexibility index (Phi) is 69.1. The van der Waals surface area contributed by atoms with Gasteiger partial charge in [-0.1, -0.05) is 0 Å². The van der Waals surface area contributed by atoms with E-state index < -0.39 is 154 Å². The van der Waals surface area contributed by atoms with Gasteiger partial charge in [0.1, 0.15) is 36.6 Å². The first-order valence-electron chi connectivity index (χ1n) is 11.2. The van der Waals surface area contributed by atoms with Crippen molar-refractivity contribution in [2.75, 3.05) is 19.8 Å². The first-order chi connectivity index (χ1) is 22.6. The summed E-state index contributed by atoms with van der Waals surface area (Å²) in [4.78, 5) is 0. The summed E-state index contributed by atoms with van der Waals surface area (Å²) < 4.78 is 289. The van der Waals surface area contributed by atoms with Gasteiger partial charge >= 0.3 is 411 Å². The van der Waals surface area contributed by atoms with Crippen LogP contribution in [0.15, 0.2) is 0 Å². The molecular formula is C11H16K8O34S8-2. The van der Waals surface area contributed by atoms with Crippen LogP contribution in [0.1, 0.15) is 0 Å². The zero-order chi connectivity index (χ0) is 40.0. The molecule has 50 heteroatoms. The van der Waals surface area contributed by atoms with Gasteiger partial charge in [-0.15, -0.1) is 0 Å². The SMILES string of the molecule is O=S([O-])O[C@H]1[C@H](OS(=O)(=O)[O-])[C@@H](OC[C@@H](OS(=O)(=O)[O-])[C@@H](OS(=O)(=O)[O-])[C@H](OS(=O)(=O)[O-])[C@@H](COS(=O)(=O)[O-])OS(=O)(=O)[O-])OC[C@H]1OS(=O)[O-].[K+].[K+].[K+].[K+].[K+].[K+].[K+].[K+].[OH-].[OH-]. The Labute approximate surface area is 693 Å². The van der Waals surface area contributed by atoms with E-state index in [0.717, 1.165) is 0 Å². The maximum atomic E-state index is 11.5. The Hall–Kier alpha value is 12.3. The summed E-state index contributed by atoms with van der Waals surface area (Å²) >= 11 is -7.41. The zero-order valence-corrected chi connectivity index (χ0v) is 63.5. The van der Waals surface area contributed by atoms with Gasteiger partial charge in [-0.25, -0.2) is 58.9 Å². The molecule has 0 aromatic carbocycles. The molecule has 322 valence electrons. The number of rotatable bonds is 23. The molecule has 0 aromatic heterocycles. The van der Waals surface area contributed by atoms with Gasteiger partial charge in [-0.2, -0.15) is 0 Å². The van der Waals surface area contributed by atoms with Crippen LogP contribution in [0, 0.1) is 0 Å². The molecule has 0 aliphatic carbocycles. The molecule has 1 saturated heterocycles. The summed E-state index contributed by atoms with van der Waals surface area (Å²) in [5, 5.41) is 0. The standard InChI is InChI=1S/C11H22O32S8.8K.2H2O/c12-44(13)37-4-1-34-11(10(43-51(31,32)33)7(4)38-45(14)15)35-2-5(39-47(19,20)21)8(41-49(25,26)27)9(42-50(28,29)30)6(40-48(22,23)24)3-36-46(16,17)18;;;;;;;;;;/h4-11H,1-3H2,(H,12,13)(H,14,15)(H,16,17,18)(H,19,20,21)(H,22,23,24)(H,25,26,27)(H,28,29,30)(H,31,32,33);;;;;;;;;2*1H2/q;8*+1;;/p-10/t4-,5-,6-,7-,8-,9-,10+,11-;;;;;;;;;;/m1........../s1. The van der Waals surface area contributed by atoms with E-state index in [9.17, 15) is 95.3 Å². The molecule has 2 N–H and O–H groups in total. The van der Waals surface area contributed by atoms with E-state index in [1.54, 1.807) is 0 Å². The van der Waals surface area contributed by atoms with Crippen molar-refractivity contribution in [3.63, 3.8) is 0 Å². The molecule has 0 spiro atoms. The second-order valence-electron chi connectivity index (χ2n) is 8.32. The third-order valence-corrected chi connectivity index (χ3v) is 8.35. The molecule has 1 aliphatic rings. The van der Waals surface area contributed by atoms with Crippen LogP contribution in [-0.2, 0) is 128 Å². The fourth-order valence-corrected chi connectivity index (χ4v) is 6.94. The Morgan fingerprint density at radius 2 is 0.852 bits per heavy atom. The van der Waals surface area contributed by atoms with Gasteiger partial charge in [0.25, 0.3) is 0 Å². The monoisotopic (exact) mass is 1260 g/mol. The predicted octanol–water partition coefficient (Wildman–Crippen LogP) is -32.9. The Balaban J connectivity index is -0.000000325. The second-order valence-corrected chi connectivity index (χ2v) is 15.6. The molecule has 0 saturated carbocycles. The van der Waals surface area contributed by atoms with Gasteiger partial charge < -0.3 is 56.8 Å². The summed E-state index contributed by atoms with van der Waals surface area (Å²) in [6, 6.07) is 0. The van der Waals surface area contributed by atoms with E-state index in [1.165, 1.54) is 0 Å². The molecular weight excluding hydrogens is 1250 g/mol. The van der Waals surface area contributed by atoms with E-state index in [4.69, 9.17) is 9.47 Å². The smallest absolute Gasteiger partial charge is 0.870 e. The number of hydrogen-bond donors (Lipinski definition) is 0. The van der Waals surface area contributed by atoms with Gasteiger partial charge in [-0.05, 0) is 0 Å². The maximum Gasteiger partial charge on any atom is 1.00 e. The van der Waals surface area contributed by atoms with Crippen molar-refractivity contribution in [2.45, 2.75) is 49.0 Å². The molecule has 0 bridgehead atoms. The summed E-state index contributed by atoms with van der Waals surface area (Å²) in [5.41, 5.74) is 0. The molecule has 1 heterocycles. The van der Waals surface area contributed by atoms with Crippen molar-refractivity contribution < 1.29 is 560 Å². The van der Waals surface area contributed by atoms with Crippen LogP contribution in [0.3, 0.4) is 0 Å². The van der Waals surface area contributed by atoms with Crippen LogP contribution in [0.25, 0.3) is 0 Å². The van der Waals surface area contributed by atoms with E-state index in [-0.39, 0.29) is 422 Å². The average molecular weight is 1260 g/mol. The Morgan fingerprint density at radius 3 is 1.15 bits per heavy atom. The first-order valence-corrected chi connectivity index (χ1v) is 21.2. The van der Waals surface area contributed by atoms with E-state index in [0.29, 0.717) is 0 Å². The normalized spacial score (nSPS) is 20.9. The van der Waals surface area contributed by atoms with E-state index in [2.05, 4.69) is 33.5 Å². The summed E-state index contributed by atoms with van der Waals surface area (Å²) in [6.45, 7) is -5.79. The first kappa shape index (κ1) is 95.6. The van der Waals surface area contributed by atoms with Crippen LogP contribution in [0.2, 0.25) is 0 Å². The predicted molar refractivity (Wildman–Crippen MR) is 136 cm³/mol. The van der Waals surface area contributed by atoms with E-state index >= 15 is 0 Å². The van der Waals surface area contributed by atoms with Crippen LogP contribution in [-0.4, -0.2) is 175 Å². The van der Waals surface area contributed by atoms with Crippen molar-refractivity contribution in [1.82, 2.24) is 0 Å². The van der Waals surface area contributed by atoms with E-state index in [1.807, 2.05) is 0 Å².